The van der Waals surface area contributed by atoms with Gasteiger partial charge in [-0.1, -0.05) is 134 Å². The molecule has 2 aromatic heterocycles. The summed E-state index contributed by atoms with van der Waals surface area (Å²) in [6, 6.07) is 39.5. The molecule has 2 N–H and O–H groups in total. The van der Waals surface area contributed by atoms with Gasteiger partial charge in [-0.15, -0.1) is 0 Å². The summed E-state index contributed by atoms with van der Waals surface area (Å²) in [6.07, 6.45) is -0.952. The van der Waals surface area contributed by atoms with Crippen molar-refractivity contribution in [2.45, 2.75) is 74.8 Å². The van der Waals surface area contributed by atoms with E-state index in [1.54, 1.807) is 67.6 Å². The maximum absolute atomic E-state index is 13.4. The summed E-state index contributed by atoms with van der Waals surface area (Å²) in [7, 11) is 0.546. The van der Waals surface area contributed by atoms with Crippen LogP contribution in [-0.4, -0.2) is 77.8 Å². The quantitative estimate of drug-likeness (QED) is 0.0478. The summed E-state index contributed by atoms with van der Waals surface area (Å²) < 4.78 is 41.9. The maximum Gasteiger partial charge on any atom is 0.256 e. The number of ether oxygens (including phenoxy) is 4. The third-order valence-electron chi connectivity index (χ3n) is 12.7. The molecule has 0 bridgehead atoms. The molecule has 1 fully saturated rings. The van der Waals surface area contributed by atoms with E-state index in [4.69, 9.17) is 67.9 Å². The van der Waals surface area contributed by atoms with Crippen LogP contribution in [0.1, 0.15) is 59.6 Å². The first-order chi connectivity index (χ1) is 33.4. The highest BCUT2D eigenvalue weighted by molar-refractivity contribution is 8.67. The highest BCUT2D eigenvalue weighted by Gasteiger charge is 2.54. The first-order valence-electron chi connectivity index (χ1n) is 22.4. The summed E-state index contributed by atoms with van der Waals surface area (Å²) >= 11 is 19.9. The molecule has 5 atom stereocenters. The van der Waals surface area contributed by atoms with E-state index in [-0.39, 0.29) is 29.1 Å². The van der Waals surface area contributed by atoms with Crippen LogP contribution >= 0.6 is 40.3 Å². The fraction of sp³-hybridized carbons (Fsp3) is 0.294. The van der Waals surface area contributed by atoms with Crippen molar-refractivity contribution in [2.24, 2.45) is 0 Å². The van der Waals surface area contributed by atoms with Gasteiger partial charge in [0.1, 0.15) is 41.7 Å². The van der Waals surface area contributed by atoms with Crippen LogP contribution in [0.2, 0.25) is 28.2 Å². The molecule has 1 aliphatic heterocycles. The summed E-state index contributed by atoms with van der Waals surface area (Å²) in [4.78, 5) is 39.5. The molecule has 0 radical (unpaired) electrons. The molecule has 3 heterocycles. The van der Waals surface area contributed by atoms with Gasteiger partial charge in [0, 0.05) is 21.4 Å². The number of hydrogen-bond acceptors (Lipinski definition) is 12. The van der Waals surface area contributed by atoms with Gasteiger partial charge in [0.2, 0.25) is 5.69 Å². The molecule has 366 valence electrons. The summed E-state index contributed by atoms with van der Waals surface area (Å²) in [5.41, 5.74) is -0.706. The van der Waals surface area contributed by atoms with Crippen LogP contribution in [-0.2, 0) is 41.6 Å². The van der Waals surface area contributed by atoms with Crippen LogP contribution in [0, 0.1) is 0 Å². The number of amides is 1. The Bertz CT molecular complexity index is 2920. The molecular formula is C51H54Cl2N5O8PS2Si. The zero-order chi connectivity index (χ0) is 49.8. The van der Waals surface area contributed by atoms with Crippen LogP contribution < -0.4 is 14.8 Å². The molecule has 0 saturated carbocycles. The van der Waals surface area contributed by atoms with Crippen molar-refractivity contribution in [2.75, 3.05) is 26.1 Å². The molecular weight excluding hydrogens is 1000 g/mol. The Labute approximate surface area is 428 Å². The van der Waals surface area contributed by atoms with E-state index < -0.39 is 44.2 Å². The second-order valence-electron chi connectivity index (χ2n) is 18.1. The number of carbonyl (C=O) groups is 1. The Hall–Kier alpha value is -4.68. The van der Waals surface area contributed by atoms with Gasteiger partial charge in [0.15, 0.2) is 31.5 Å². The van der Waals surface area contributed by atoms with E-state index in [1.165, 1.54) is 6.33 Å². The Morgan fingerprint density at radius 1 is 0.843 bits per heavy atom. The Kier molecular flexibility index (Phi) is 15.9. The first-order valence-corrected chi connectivity index (χ1v) is 30.3. The number of benzene rings is 5. The number of anilines is 1. The van der Waals surface area contributed by atoms with Crippen LogP contribution in [0.4, 0.5) is 5.82 Å². The number of methoxy groups -OCH3 is 2. The Balaban J connectivity index is 1.25. The maximum atomic E-state index is 13.4. The van der Waals surface area contributed by atoms with Crippen molar-refractivity contribution in [1.29, 1.82) is 0 Å². The second-order valence-corrected chi connectivity index (χ2v) is 29.9. The minimum absolute atomic E-state index is 0.0512. The molecule has 1 amide bonds. The van der Waals surface area contributed by atoms with E-state index in [0.29, 0.717) is 38.3 Å². The highest BCUT2D eigenvalue weighted by Crippen LogP contribution is 2.61. The lowest BCUT2D eigenvalue weighted by molar-refractivity contribution is -0.0926. The molecule has 19 heteroatoms. The molecule has 1 saturated heterocycles. The molecule has 0 spiro atoms. The molecule has 1 aliphatic rings. The lowest BCUT2D eigenvalue weighted by atomic mass is 9.80. The van der Waals surface area contributed by atoms with E-state index in [1.807, 2.05) is 84.9 Å². The summed E-state index contributed by atoms with van der Waals surface area (Å²) in [6.45, 7) is 10.7. The average molecular weight is 1060 g/mol. The number of rotatable bonds is 18. The summed E-state index contributed by atoms with van der Waals surface area (Å²) in [5, 5.41) is 3.53. The van der Waals surface area contributed by atoms with E-state index in [2.05, 4.69) is 49.1 Å². The molecule has 13 nitrogen and oxygen atoms in total. The lowest BCUT2D eigenvalue weighted by Crippen LogP contribution is -2.50. The molecule has 7 aromatic rings. The van der Waals surface area contributed by atoms with Crippen molar-refractivity contribution < 1.29 is 37.6 Å². The van der Waals surface area contributed by atoms with Gasteiger partial charge in [-0.3, -0.25) is 9.36 Å². The predicted octanol–water partition coefficient (Wildman–Crippen LogP) is 12.2. The van der Waals surface area contributed by atoms with E-state index in [9.17, 15) is 9.69 Å². The topological polar surface area (TPSA) is 148 Å². The van der Waals surface area contributed by atoms with Gasteiger partial charge in [0.25, 0.3) is 5.91 Å². The van der Waals surface area contributed by atoms with E-state index in [0.717, 1.165) is 33.6 Å². The van der Waals surface area contributed by atoms with Crippen LogP contribution in [0.15, 0.2) is 140 Å². The van der Waals surface area contributed by atoms with Gasteiger partial charge >= 0.3 is 0 Å². The summed E-state index contributed by atoms with van der Waals surface area (Å²) in [5.74, 6) is 1.41. The number of hydrogen-bond donors (Lipinski definition) is 2. The molecule has 1 unspecified atom stereocenters. The number of imidazole rings is 1. The van der Waals surface area contributed by atoms with E-state index >= 15 is 0 Å². The van der Waals surface area contributed by atoms with Gasteiger partial charge < -0.3 is 38.1 Å². The van der Waals surface area contributed by atoms with Crippen LogP contribution in [0.5, 0.6) is 11.5 Å². The number of nitrogens with zero attached hydrogens (tertiary/aromatic N) is 4. The van der Waals surface area contributed by atoms with Gasteiger partial charge in [0.05, 0.1) is 27.2 Å². The lowest BCUT2D eigenvalue weighted by Gasteiger charge is -2.41. The van der Waals surface area contributed by atoms with Gasteiger partial charge in [-0.25, -0.2) is 15.0 Å². The number of nitrogens with one attached hydrogen (secondary N) is 1. The third kappa shape index (κ3) is 11.2. The largest absolute Gasteiger partial charge is 0.497 e. The SMILES string of the molecule is COc1ccc(C(OC[C@H]2O[C@@H](n3cnc4c(NC(=O)c5ccccc5)ncnc43)[C@H](OP(O)(=S)SCc3ccc(Cl)cc3Cl)[C@@H]2O[Si](C)(C)C(C)(C)C)(c2ccccc2)c2ccc(OC)cc2)cc1. The van der Waals surface area contributed by atoms with Gasteiger partial charge in [-0.2, -0.15) is 0 Å². The van der Waals surface area contributed by atoms with Crippen molar-refractivity contribution in [3.63, 3.8) is 0 Å². The minimum Gasteiger partial charge on any atom is -0.497 e. The smallest absolute Gasteiger partial charge is 0.256 e. The van der Waals surface area contributed by atoms with Crippen molar-refractivity contribution in [3.8, 4) is 11.5 Å². The fourth-order valence-corrected chi connectivity index (χ4v) is 13.2. The predicted molar refractivity (Wildman–Crippen MR) is 283 cm³/mol. The average Bonchev–Trinajstić information content (AvgIpc) is 3.92. The number of halogens is 2. The Morgan fingerprint density at radius 3 is 2.03 bits per heavy atom. The normalized spacial score (nSPS) is 18.4. The van der Waals surface area contributed by atoms with Crippen molar-refractivity contribution >= 4 is 83.3 Å². The number of fused-ring (bicyclic) bond motifs is 1. The highest BCUT2D eigenvalue weighted by atomic mass is 35.5. The van der Waals surface area contributed by atoms with Crippen LogP contribution in [0.25, 0.3) is 11.2 Å². The zero-order valence-corrected chi connectivity index (χ0v) is 44.7. The molecule has 0 aliphatic carbocycles. The number of aromatic nitrogens is 4. The number of carbonyl (C=O) groups excluding carboxylic acids is 1. The Morgan fingerprint density at radius 2 is 1.44 bits per heavy atom. The second kappa shape index (κ2) is 21.6. The molecule has 8 rings (SSSR count). The standard InChI is InChI=1S/C51H54Cl2N5O8PS2Si/c1-50(2,3)70(6,7)66-44-42(29-63-51(35-16-12-9-13-17-35,36-19-24-39(61-4)25-20-36)37-21-26-40(62-5)27-22-37)64-49(45(44)65-67(60,68)69-30-34-18-23-38(52)28-41(34)53)58-32-56-43-46(54-31-55-47(43)58)57-48(59)33-14-10-8-11-15-33/h8-28,31-32,42,44-45,49H,29-30H2,1-7H3,(H,60,68)(H,54,55,57,59)/t42-,44-,45-,49-,67?/m1/s1. The minimum atomic E-state index is -3.76. The molecule has 70 heavy (non-hydrogen) atoms. The fourth-order valence-electron chi connectivity index (χ4n) is 7.99. The van der Waals surface area contributed by atoms with Crippen molar-refractivity contribution in [1.82, 2.24) is 19.5 Å². The monoisotopic (exact) mass is 1060 g/mol. The third-order valence-corrected chi connectivity index (χ3v) is 21.9. The molecule has 5 aromatic carbocycles. The van der Waals surface area contributed by atoms with Crippen molar-refractivity contribution in [3.05, 3.63) is 178 Å². The zero-order valence-electron chi connectivity index (χ0n) is 39.6. The van der Waals surface area contributed by atoms with Crippen LogP contribution in [0.3, 0.4) is 0 Å². The van der Waals surface area contributed by atoms with Gasteiger partial charge in [-0.05, 0) is 101 Å². The first kappa shape index (κ1) is 51.7.